The summed E-state index contributed by atoms with van der Waals surface area (Å²) in [7, 11) is 0. The molecule has 1 aromatic heterocycles. The van der Waals surface area contributed by atoms with Crippen LogP contribution in [-0.4, -0.2) is 46.5 Å². The summed E-state index contributed by atoms with van der Waals surface area (Å²) >= 11 is 0. The number of aromatic nitrogens is 2. The highest BCUT2D eigenvalue weighted by molar-refractivity contribution is 5.77. The number of para-hydroxylation sites is 1. The zero-order valence-corrected chi connectivity index (χ0v) is 17.5. The third-order valence-corrected chi connectivity index (χ3v) is 6.19. The summed E-state index contributed by atoms with van der Waals surface area (Å²) in [5.74, 6) is 1.72. The van der Waals surface area contributed by atoms with E-state index in [2.05, 4.69) is 21.8 Å². The van der Waals surface area contributed by atoms with Gasteiger partial charge in [-0.1, -0.05) is 37.8 Å². The van der Waals surface area contributed by atoms with Gasteiger partial charge in [-0.15, -0.1) is 0 Å². The van der Waals surface area contributed by atoms with Gasteiger partial charge >= 0.3 is 0 Å². The maximum Gasteiger partial charge on any atom is 0.224 e. The van der Waals surface area contributed by atoms with Gasteiger partial charge in [0, 0.05) is 38.2 Å². The van der Waals surface area contributed by atoms with Gasteiger partial charge in [0.05, 0.1) is 0 Å². The molecule has 1 atom stereocenters. The highest BCUT2D eigenvalue weighted by Crippen LogP contribution is 2.29. The lowest BCUT2D eigenvalue weighted by molar-refractivity contribution is -0.133. The van der Waals surface area contributed by atoms with Crippen molar-refractivity contribution in [3.8, 4) is 11.6 Å². The number of amides is 1. The third-order valence-electron chi connectivity index (χ3n) is 6.19. The van der Waals surface area contributed by atoms with Gasteiger partial charge in [-0.2, -0.15) is 0 Å². The largest absolute Gasteiger partial charge is 0.436 e. The normalized spacial score (nSPS) is 19.9. The Kier molecular flexibility index (Phi) is 6.45. The van der Waals surface area contributed by atoms with Crippen LogP contribution in [0, 0.1) is 11.7 Å². The molecule has 1 aromatic carbocycles. The zero-order chi connectivity index (χ0) is 20.9. The average molecular weight is 413 g/mol. The van der Waals surface area contributed by atoms with E-state index in [0.29, 0.717) is 31.9 Å². The summed E-state index contributed by atoms with van der Waals surface area (Å²) in [6, 6.07) is 8.07. The van der Waals surface area contributed by atoms with E-state index in [9.17, 15) is 9.18 Å². The first-order valence-electron chi connectivity index (χ1n) is 10.9. The molecule has 0 spiro atoms. The molecule has 30 heavy (non-hydrogen) atoms. The number of ether oxygens (including phenoxy) is 1. The Labute approximate surface area is 177 Å². The Hall–Kier alpha value is -2.70. The number of anilines is 1. The summed E-state index contributed by atoms with van der Waals surface area (Å²) in [6.07, 6.45) is 8.29. The van der Waals surface area contributed by atoms with Gasteiger partial charge < -0.3 is 14.5 Å². The molecule has 2 fully saturated rings. The molecule has 1 unspecified atom stereocenters. The standard InChI is InChI=1S/C23H29FN4O2/c1-17-15-27(12-13-28(17)23(29)11-10-18-6-2-3-7-18)21-14-22(26-16-25-21)30-20-9-5-4-8-19(20)24/h4-5,8-9,14,16-18H,2-3,6-7,10-13,15H2,1H3. The van der Waals surface area contributed by atoms with Crippen LogP contribution in [0.15, 0.2) is 36.7 Å². The van der Waals surface area contributed by atoms with Crippen molar-refractivity contribution < 1.29 is 13.9 Å². The number of hydrogen-bond acceptors (Lipinski definition) is 5. The maximum atomic E-state index is 13.8. The molecule has 6 nitrogen and oxygen atoms in total. The Morgan fingerprint density at radius 1 is 1.20 bits per heavy atom. The van der Waals surface area contributed by atoms with Crippen LogP contribution in [0.5, 0.6) is 11.6 Å². The van der Waals surface area contributed by atoms with Gasteiger partial charge in [-0.05, 0) is 31.4 Å². The van der Waals surface area contributed by atoms with E-state index < -0.39 is 5.82 Å². The van der Waals surface area contributed by atoms with Gasteiger partial charge in [0.15, 0.2) is 11.6 Å². The Balaban J connectivity index is 1.34. The van der Waals surface area contributed by atoms with Gasteiger partial charge in [0.2, 0.25) is 11.8 Å². The van der Waals surface area contributed by atoms with Crippen LogP contribution < -0.4 is 9.64 Å². The van der Waals surface area contributed by atoms with Gasteiger partial charge in [0.1, 0.15) is 12.1 Å². The number of halogens is 1. The van der Waals surface area contributed by atoms with E-state index in [1.807, 2.05) is 4.90 Å². The molecule has 7 heteroatoms. The summed E-state index contributed by atoms with van der Waals surface area (Å²) in [6.45, 7) is 4.16. The SMILES string of the molecule is CC1CN(c2cc(Oc3ccccc3F)ncn2)CCN1C(=O)CCC1CCCC1. The number of carbonyl (C=O) groups excluding carboxylic acids is 1. The molecule has 4 rings (SSSR count). The molecule has 1 amide bonds. The molecular weight excluding hydrogens is 383 g/mol. The van der Waals surface area contributed by atoms with Crippen molar-refractivity contribution in [2.24, 2.45) is 5.92 Å². The monoisotopic (exact) mass is 412 g/mol. The van der Waals surface area contributed by atoms with Crippen molar-refractivity contribution >= 4 is 11.7 Å². The molecule has 0 radical (unpaired) electrons. The van der Waals surface area contributed by atoms with Crippen molar-refractivity contribution in [2.45, 2.75) is 51.5 Å². The lowest BCUT2D eigenvalue weighted by Gasteiger charge is -2.40. The highest BCUT2D eigenvalue weighted by Gasteiger charge is 2.28. The lowest BCUT2D eigenvalue weighted by Crippen LogP contribution is -2.54. The Morgan fingerprint density at radius 3 is 2.77 bits per heavy atom. The molecule has 160 valence electrons. The minimum atomic E-state index is -0.434. The topological polar surface area (TPSA) is 58.6 Å². The summed E-state index contributed by atoms with van der Waals surface area (Å²) in [4.78, 5) is 25.3. The number of piperazine rings is 1. The Morgan fingerprint density at radius 2 is 2.00 bits per heavy atom. The number of rotatable bonds is 6. The predicted molar refractivity (Wildman–Crippen MR) is 113 cm³/mol. The lowest BCUT2D eigenvalue weighted by atomic mass is 10.0. The van der Waals surface area contributed by atoms with Crippen LogP contribution in [0.1, 0.15) is 45.4 Å². The van der Waals surface area contributed by atoms with Crippen molar-refractivity contribution in [3.05, 3.63) is 42.5 Å². The van der Waals surface area contributed by atoms with E-state index in [0.717, 1.165) is 18.2 Å². The molecule has 1 saturated carbocycles. The minimum Gasteiger partial charge on any atom is -0.436 e. The van der Waals surface area contributed by atoms with E-state index >= 15 is 0 Å². The van der Waals surface area contributed by atoms with Crippen molar-refractivity contribution in [3.63, 3.8) is 0 Å². The molecule has 2 aliphatic rings. The molecule has 2 aromatic rings. The maximum absolute atomic E-state index is 13.8. The van der Waals surface area contributed by atoms with Gasteiger partial charge in [0.25, 0.3) is 0 Å². The van der Waals surface area contributed by atoms with Crippen LogP contribution in [0.25, 0.3) is 0 Å². The fourth-order valence-electron chi connectivity index (χ4n) is 4.51. The first kappa shape index (κ1) is 20.6. The third kappa shape index (κ3) is 4.89. The second kappa shape index (κ2) is 9.41. The van der Waals surface area contributed by atoms with Crippen LogP contribution in [0.2, 0.25) is 0 Å². The smallest absolute Gasteiger partial charge is 0.224 e. The van der Waals surface area contributed by atoms with Crippen molar-refractivity contribution in [1.29, 1.82) is 0 Å². The Bertz CT molecular complexity index is 872. The quantitative estimate of drug-likeness (QED) is 0.703. The summed E-state index contributed by atoms with van der Waals surface area (Å²) < 4.78 is 19.4. The highest BCUT2D eigenvalue weighted by atomic mass is 19.1. The van der Waals surface area contributed by atoms with E-state index in [4.69, 9.17) is 4.74 Å². The van der Waals surface area contributed by atoms with Crippen LogP contribution in [0.3, 0.4) is 0 Å². The number of nitrogens with zero attached hydrogens (tertiary/aromatic N) is 4. The van der Waals surface area contributed by atoms with E-state index in [1.165, 1.54) is 38.1 Å². The second-order valence-electron chi connectivity index (χ2n) is 8.32. The molecule has 1 saturated heterocycles. The van der Waals surface area contributed by atoms with Crippen LogP contribution in [0.4, 0.5) is 10.2 Å². The van der Waals surface area contributed by atoms with Crippen LogP contribution >= 0.6 is 0 Å². The number of hydrogen-bond donors (Lipinski definition) is 0. The molecular formula is C23H29FN4O2. The number of benzene rings is 1. The molecule has 2 heterocycles. The first-order valence-corrected chi connectivity index (χ1v) is 10.9. The molecule has 1 aliphatic heterocycles. The zero-order valence-electron chi connectivity index (χ0n) is 17.5. The van der Waals surface area contributed by atoms with E-state index in [-0.39, 0.29) is 17.7 Å². The molecule has 1 aliphatic carbocycles. The van der Waals surface area contributed by atoms with Crippen LogP contribution in [-0.2, 0) is 4.79 Å². The van der Waals surface area contributed by atoms with Gasteiger partial charge in [-0.25, -0.2) is 14.4 Å². The number of carbonyl (C=O) groups is 1. The molecule has 0 bridgehead atoms. The fraction of sp³-hybridized carbons (Fsp3) is 0.522. The molecule has 0 N–H and O–H groups in total. The summed E-state index contributed by atoms with van der Waals surface area (Å²) in [5.41, 5.74) is 0. The van der Waals surface area contributed by atoms with Gasteiger partial charge in [-0.3, -0.25) is 4.79 Å². The first-order chi connectivity index (χ1) is 14.6. The average Bonchev–Trinajstić information content (AvgIpc) is 3.27. The fourth-order valence-corrected chi connectivity index (χ4v) is 4.51. The summed E-state index contributed by atoms with van der Waals surface area (Å²) in [5, 5.41) is 0. The minimum absolute atomic E-state index is 0.112. The van der Waals surface area contributed by atoms with Crippen molar-refractivity contribution in [2.75, 3.05) is 24.5 Å². The second-order valence-corrected chi connectivity index (χ2v) is 8.32. The van der Waals surface area contributed by atoms with Crippen molar-refractivity contribution in [1.82, 2.24) is 14.9 Å². The predicted octanol–water partition coefficient (Wildman–Crippen LogP) is 4.42. The van der Waals surface area contributed by atoms with E-state index in [1.54, 1.807) is 24.3 Å².